The quantitative estimate of drug-likeness (QED) is 0.701. The molecule has 1 spiro atoms. The van der Waals surface area contributed by atoms with Gasteiger partial charge in [0, 0.05) is 6.04 Å². The average molecular weight is 257 g/mol. The van der Waals surface area contributed by atoms with Crippen LogP contribution in [-0.4, -0.2) is 12.6 Å². The van der Waals surface area contributed by atoms with Gasteiger partial charge in [0.2, 0.25) is 0 Å². The van der Waals surface area contributed by atoms with E-state index in [-0.39, 0.29) is 0 Å². The van der Waals surface area contributed by atoms with Gasteiger partial charge < -0.3 is 5.32 Å². The summed E-state index contributed by atoms with van der Waals surface area (Å²) in [6.07, 6.45) is 12.8. The summed E-state index contributed by atoms with van der Waals surface area (Å²) in [6, 6.07) is 0.956. The van der Waals surface area contributed by atoms with Gasteiger partial charge in [-0.3, -0.25) is 0 Å². The second kappa shape index (κ2) is 3.24. The molecule has 0 aromatic heterocycles. The van der Waals surface area contributed by atoms with Gasteiger partial charge in [-0.15, -0.1) is 0 Å². The van der Waals surface area contributed by atoms with Crippen LogP contribution in [0, 0.1) is 46.8 Å². The van der Waals surface area contributed by atoms with E-state index in [0.717, 1.165) is 47.0 Å². The Morgan fingerprint density at radius 3 is 2.84 bits per heavy atom. The highest BCUT2D eigenvalue weighted by molar-refractivity contribution is 5.22. The highest BCUT2D eigenvalue weighted by Gasteiger charge is 2.71. The summed E-state index contributed by atoms with van der Waals surface area (Å²) in [7, 11) is 0. The number of fused-ring (bicyclic) bond motifs is 2. The molecule has 3 unspecified atom stereocenters. The van der Waals surface area contributed by atoms with Gasteiger partial charge in [-0.1, -0.05) is 12.8 Å². The SMILES string of the molecule is C1C[C@H]2CNC3[C@@H]4C[C@H]2[C@@]3(C1)C1C[C@@H]2CC[C@H]4C1C2. The number of hydrogen-bond donors (Lipinski definition) is 1. The molecule has 19 heavy (non-hydrogen) atoms. The molecule has 0 amide bonds. The van der Waals surface area contributed by atoms with E-state index in [1.54, 1.807) is 51.4 Å². The molecule has 1 heterocycles. The fourth-order valence-electron chi connectivity index (χ4n) is 8.78. The first-order valence-electron chi connectivity index (χ1n) is 9.11. The Hall–Kier alpha value is -0.0400. The minimum absolute atomic E-state index is 0.798. The lowest BCUT2D eigenvalue weighted by Gasteiger charge is -2.60. The van der Waals surface area contributed by atoms with Crippen molar-refractivity contribution in [1.82, 2.24) is 5.32 Å². The van der Waals surface area contributed by atoms with Crippen LogP contribution >= 0.6 is 0 Å². The van der Waals surface area contributed by atoms with E-state index in [2.05, 4.69) is 5.32 Å². The number of piperidine rings is 1. The van der Waals surface area contributed by atoms with E-state index >= 15 is 0 Å². The molecule has 9 atom stereocenters. The van der Waals surface area contributed by atoms with Crippen LogP contribution < -0.4 is 5.32 Å². The van der Waals surface area contributed by atoms with Crippen LogP contribution in [0.4, 0.5) is 0 Å². The van der Waals surface area contributed by atoms with Gasteiger partial charge in [-0.05, 0) is 91.9 Å². The predicted molar refractivity (Wildman–Crippen MR) is 75.6 cm³/mol. The van der Waals surface area contributed by atoms with Crippen LogP contribution in [0.2, 0.25) is 0 Å². The summed E-state index contributed by atoms with van der Waals surface area (Å²) in [5, 5.41) is 4.10. The molecule has 1 N–H and O–H groups in total. The van der Waals surface area contributed by atoms with E-state index in [1.807, 2.05) is 0 Å². The zero-order valence-electron chi connectivity index (χ0n) is 12.0. The second-order valence-electron chi connectivity index (χ2n) is 9.01. The smallest absolute Gasteiger partial charge is 0.0160 e. The van der Waals surface area contributed by atoms with Crippen molar-refractivity contribution < 1.29 is 0 Å². The van der Waals surface area contributed by atoms with Crippen molar-refractivity contribution in [2.24, 2.45) is 46.8 Å². The van der Waals surface area contributed by atoms with Crippen LogP contribution in [0.15, 0.2) is 0 Å². The van der Waals surface area contributed by atoms with Crippen LogP contribution in [0.25, 0.3) is 0 Å². The molecule has 1 heteroatoms. The van der Waals surface area contributed by atoms with Gasteiger partial charge in [0.05, 0.1) is 0 Å². The second-order valence-corrected chi connectivity index (χ2v) is 9.01. The predicted octanol–water partition coefficient (Wildman–Crippen LogP) is 3.45. The summed E-state index contributed by atoms with van der Waals surface area (Å²) in [6.45, 7) is 1.38. The zero-order chi connectivity index (χ0) is 12.2. The molecule has 0 aromatic rings. The number of hydrogen-bond acceptors (Lipinski definition) is 1. The van der Waals surface area contributed by atoms with Gasteiger partial charge >= 0.3 is 0 Å². The molecule has 1 nitrogen and oxygen atoms in total. The Labute approximate surface area is 116 Å². The third-order valence-corrected chi connectivity index (χ3v) is 8.99. The summed E-state index contributed by atoms with van der Waals surface area (Å²) in [4.78, 5) is 0. The maximum Gasteiger partial charge on any atom is 0.0160 e. The summed E-state index contributed by atoms with van der Waals surface area (Å²) < 4.78 is 0. The normalized spacial score (nSPS) is 68.2. The number of rotatable bonds is 0. The highest BCUT2D eigenvalue weighted by Crippen LogP contribution is 2.74. The minimum Gasteiger partial charge on any atom is -0.313 e. The fourth-order valence-corrected chi connectivity index (χ4v) is 8.78. The van der Waals surface area contributed by atoms with Crippen LogP contribution in [-0.2, 0) is 0 Å². The first-order valence-corrected chi connectivity index (χ1v) is 9.11. The third-order valence-electron chi connectivity index (χ3n) is 8.99. The maximum atomic E-state index is 4.10. The lowest BCUT2D eigenvalue weighted by Crippen LogP contribution is -2.64. The van der Waals surface area contributed by atoms with Gasteiger partial charge in [0.1, 0.15) is 0 Å². The Morgan fingerprint density at radius 2 is 1.84 bits per heavy atom. The van der Waals surface area contributed by atoms with E-state index in [1.165, 1.54) is 12.5 Å². The standard InChI is InChI=1S/C18H27N/c1-2-11-9-19-17-14-8-15(11)18(17,5-1)16-7-10-3-4-12(14)13(16)6-10/h10-17,19H,1-9H2/t10-,11+,12+,13?,14-,15-,16?,17?,18+/m1/s1. The molecule has 104 valence electrons. The van der Waals surface area contributed by atoms with Gasteiger partial charge in [0.15, 0.2) is 0 Å². The maximum absolute atomic E-state index is 4.10. The van der Waals surface area contributed by atoms with Crippen molar-refractivity contribution in [3.63, 3.8) is 0 Å². The molecule has 7 bridgehead atoms. The molecule has 1 saturated heterocycles. The van der Waals surface area contributed by atoms with Crippen molar-refractivity contribution in [2.45, 2.75) is 57.4 Å². The molecule has 0 aromatic carbocycles. The monoisotopic (exact) mass is 257 g/mol. The van der Waals surface area contributed by atoms with Crippen molar-refractivity contribution in [3.8, 4) is 0 Å². The average Bonchev–Trinajstić information content (AvgIpc) is 2.82. The summed E-state index contributed by atoms with van der Waals surface area (Å²) in [5.74, 6) is 7.89. The Bertz CT molecular complexity index is 431. The topological polar surface area (TPSA) is 12.0 Å². The largest absolute Gasteiger partial charge is 0.313 e. The van der Waals surface area contributed by atoms with Crippen molar-refractivity contribution in [1.29, 1.82) is 0 Å². The van der Waals surface area contributed by atoms with E-state index in [4.69, 9.17) is 0 Å². The van der Waals surface area contributed by atoms with Gasteiger partial charge in [0.25, 0.3) is 0 Å². The van der Waals surface area contributed by atoms with E-state index < -0.39 is 0 Å². The van der Waals surface area contributed by atoms with Crippen LogP contribution in [0.1, 0.15) is 51.4 Å². The lowest BCUT2D eigenvalue weighted by molar-refractivity contribution is -0.0895. The molecule has 5 saturated carbocycles. The van der Waals surface area contributed by atoms with Gasteiger partial charge in [-0.2, -0.15) is 0 Å². The lowest BCUT2D eigenvalue weighted by atomic mass is 9.49. The number of nitrogens with one attached hydrogen (secondary N) is 1. The zero-order valence-corrected chi connectivity index (χ0v) is 12.0. The fraction of sp³-hybridized carbons (Fsp3) is 1.00. The first-order chi connectivity index (χ1) is 9.38. The van der Waals surface area contributed by atoms with Crippen molar-refractivity contribution in [2.75, 3.05) is 6.54 Å². The van der Waals surface area contributed by atoms with E-state index in [0.29, 0.717) is 0 Å². The molecule has 6 rings (SSSR count). The first kappa shape index (κ1) is 10.7. The minimum atomic E-state index is 0.798. The van der Waals surface area contributed by atoms with Crippen molar-refractivity contribution >= 4 is 0 Å². The van der Waals surface area contributed by atoms with Crippen LogP contribution in [0.3, 0.4) is 0 Å². The van der Waals surface area contributed by atoms with Crippen LogP contribution in [0.5, 0.6) is 0 Å². The van der Waals surface area contributed by atoms with Gasteiger partial charge in [-0.25, -0.2) is 0 Å². The Kier molecular flexibility index (Phi) is 1.81. The Balaban J connectivity index is 1.56. The van der Waals surface area contributed by atoms with Crippen molar-refractivity contribution in [3.05, 3.63) is 0 Å². The molecular formula is C18H27N. The highest BCUT2D eigenvalue weighted by atomic mass is 15.0. The Morgan fingerprint density at radius 1 is 0.842 bits per heavy atom. The van der Waals surface area contributed by atoms with E-state index in [9.17, 15) is 0 Å². The summed E-state index contributed by atoms with van der Waals surface area (Å²) in [5.41, 5.74) is 0.798. The molecule has 6 fully saturated rings. The molecular weight excluding hydrogens is 230 g/mol. The molecule has 0 radical (unpaired) electrons. The molecule has 1 aliphatic heterocycles. The molecule has 6 aliphatic rings. The molecule has 5 aliphatic carbocycles. The summed E-state index contributed by atoms with van der Waals surface area (Å²) >= 11 is 0. The third kappa shape index (κ3) is 1.02.